The molecule has 6 rings (SSSR count). The van der Waals surface area contributed by atoms with Gasteiger partial charge in [0.2, 0.25) is 0 Å². The predicted molar refractivity (Wildman–Crippen MR) is 159 cm³/mol. The third-order valence-electron chi connectivity index (χ3n) is 7.76. The molecule has 0 bridgehead atoms. The van der Waals surface area contributed by atoms with Gasteiger partial charge in [-0.15, -0.1) is 0 Å². The van der Waals surface area contributed by atoms with Crippen molar-refractivity contribution in [3.8, 4) is 22.5 Å². The molecular weight excluding hydrogens is 510 g/mol. The van der Waals surface area contributed by atoms with Crippen LogP contribution < -0.4 is 0 Å². The second-order valence-electron chi connectivity index (χ2n) is 10.9. The van der Waals surface area contributed by atoms with Gasteiger partial charge in [0.05, 0.1) is 17.2 Å². The first-order chi connectivity index (χ1) is 20.0. The van der Waals surface area contributed by atoms with Gasteiger partial charge in [0.15, 0.2) is 5.76 Å². The van der Waals surface area contributed by atoms with Crippen molar-refractivity contribution in [1.82, 2.24) is 5.16 Å². The average molecular weight is 544 g/mol. The molecule has 1 aliphatic carbocycles. The maximum absolute atomic E-state index is 12.0. The Kier molecular flexibility index (Phi) is 7.53. The van der Waals surface area contributed by atoms with Crippen molar-refractivity contribution in [2.75, 3.05) is 0 Å². The number of aryl methyl sites for hydroxylation is 1. The smallest absolute Gasteiger partial charge is 0.309 e. The number of carbonyl (C=O) groups is 1. The molecule has 0 radical (unpaired) electrons. The second kappa shape index (κ2) is 11.6. The monoisotopic (exact) mass is 543 g/mol. The number of carbonyl (C=O) groups excluding carboxylic acids is 1. The van der Waals surface area contributed by atoms with Gasteiger partial charge >= 0.3 is 5.97 Å². The fourth-order valence-corrected chi connectivity index (χ4v) is 5.20. The molecule has 1 N–H and O–H groups in total. The van der Waals surface area contributed by atoms with Gasteiger partial charge in [0, 0.05) is 5.56 Å². The summed E-state index contributed by atoms with van der Waals surface area (Å²) in [4.78, 5) is 12.0. The molecule has 0 aliphatic heterocycles. The minimum atomic E-state index is -0.866. The molecule has 0 saturated heterocycles. The largest absolute Gasteiger partial charge is 0.458 e. The van der Waals surface area contributed by atoms with Crippen LogP contribution in [0.25, 0.3) is 22.5 Å². The van der Waals surface area contributed by atoms with Crippen molar-refractivity contribution >= 4 is 5.97 Å². The summed E-state index contributed by atoms with van der Waals surface area (Å²) in [7, 11) is 0. The minimum absolute atomic E-state index is 0.0924. The number of hydrogen-bond donors (Lipinski definition) is 1. The molecule has 1 aromatic heterocycles. The number of aromatic nitrogens is 1. The Hall–Kier alpha value is -4.48. The van der Waals surface area contributed by atoms with E-state index in [2.05, 4.69) is 23.4 Å². The summed E-state index contributed by atoms with van der Waals surface area (Å²) < 4.78 is 11.3. The highest BCUT2D eigenvalue weighted by Gasteiger charge is 2.32. The van der Waals surface area contributed by atoms with Crippen LogP contribution in [0.3, 0.4) is 0 Å². The third kappa shape index (κ3) is 6.01. The van der Waals surface area contributed by atoms with Crippen molar-refractivity contribution in [3.05, 3.63) is 137 Å². The summed E-state index contributed by atoms with van der Waals surface area (Å²) in [5, 5.41) is 15.7. The van der Waals surface area contributed by atoms with E-state index in [1.54, 1.807) is 0 Å². The second-order valence-corrected chi connectivity index (χ2v) is 10.9. The number of ether oxygens (including phenoxy) is 1. The van der Waals surface area contributed by atoms with E-state index in [1.807, 2.05) is 98.8 Å². The molecule has 0 spiro atoms. The van der Waals surface area contributed by atoms with E-state index in [1.165, 1.54) is 5.56 Å². The molecule has 5 aromatic rings. The normalized spacial score (nSPS) is 14.4. The highest BCUT2D eigenvalue weighted by Crippen LogP contribution is 2.36. The Morgan fingerprint density at radius 1 is 0.854 bits per heavy atom. The van der Waals surface area contributed by atoms with Crippen LogP contribution >= 0.6 is 0 Å². The van der Waals surface area contributed by atoms with Crippen LogP contribution in [-0.2, 0) is 16.0 Å². The number of aliphatic hydroxyl groups excluding tert-OH is 1. The lowest BCUT2D eigenvalue weighted by atomic mass is 9.94. The number of benzene rings is 4. The zero-order valence-electron chi connectivity index (χ0n) is 23.3. The molecule has 4 aromatic carbocycles. The molecule has 5 heteroatoms. The van der Waals surface area contributed by atoms with Gasteiger partial charge < -0.3 is 14.4 Å². The minimum Gasteiger partial charge on any atom is -0.458 e. The molecule has 1 saturated carbocycles. The molecule has 2 unspecified atom stereocenters. The summed E-state index contributed by atoms with van der Waals surface area (Å²) in [6.07, 6.45) is 1.55. The van der Waals surface area contributed by atoms with E-state index in [-0.39, 0.29) is 18.0 Å². The van der Waals surface area contributed by atoms with E-state index in [0.717, 1.165) is 52.6 Å². The number of aliphatic hydroxyl groups is 1. The molecular formula is C36H33NO4. The van der Waals surface area contributed by atoms with Crippen molar-refractivity contribution in [2.24, 2.45) is 5.92 Å². The Balaban J connectivity index is 1.19. The standard InChI is InChI=1S/C36H33NO4/c1-23-33(34(38)32-10-6-9-26(22-32)21-25-7-4-3-5-8-25)35(41-37-23)30-17-15-29(16-18-30)28-13-11-27(12-14-28)24(2)40-36(39)31-19-20-31/h3-18,22,24,31,34,38H,19-21H2,1-2H3. The van der Waals surface area contributed by atoms with Crippen molar-refractivity contribution < 1.29 is 19.2 Å². The summed E-state index contributed by atoms with van der Waals surface area (Å²) in [5.41, 5.74) is 8.44. The van der Waals surface area contributed by atoms with Crippen LogP contribution in [0.15, 0.2) is 108 Å². The Morgan fingerprint density at radius 2 is 1.49 bits per heavy atom. The maximum atomic E-state index is 12.0. The summed E-state index contributed by atoms with van der Waals surface area (Å²) in [6.45, 7) is 3.77. The molecule has 1 heterocycles. The van der Waals surface area contributed by atoms with E-state index < -0.39 is 6.10 Å². The van der Waals surface area contributed by atoms with E-state index in [9.17, 15) is 9.90 Å². The maximum Gasteiger partial charge on any atom is 0.309 e. The fourth-order valence-electron chi connectivity index (χ4n) is 5.20. The van der Waals surface area contributed by atoms with Gasteiger partial charge in [-0.1, -0.05) is 108 Å². The van der Waals surface area contributed by atoms with Gasteiger partial charge in [0.1, 0.15) is 12.2 Å². The van der Waals surface area contributed by atoms with Crippen molar-refractivity contribution in [3.63, 3.8) is 0 Å². The van der Waals surface area contributed by atoms with Gasteiger partial charge in [-0.2, -0.15) is 0 Å². The summed E-state index contributed by atoms with van der Waals surface area (Å²) >= 11 is 0. The van der Waals surface area contributed by atoms with Gasteiger partial charge in [-0.25, -0.2) is 0 Å². The zero-order chi connectivity index (χ0) is 28.3. The van der Waals surface area contributed by atoms with Crippen LogP contribution in [0, 0.1) is 12.8 Å². The molecule has 1 fully saturated rings. The third-order valence-corrected chi connectivity index (χ3v) is 7.76. The van der Waals surface area contributed by atoms with Crippen molar-refractivity contribution in [1.29, 1.82) is 0 Å². The molecule has 41 heavy (non-hydrogen) atoms. The first kappa shape index (κ1) is 26.7. The Morgan fingerprint density at radius 3 is 2.17 bits per heavy atom. The van der Waals surface area contributed by atoms with Gasteiger partial charge in [-0.3, -0.25) is 4.79 Å². The lowest BCUT2D eigenvalue weighted by Gasteiger charge is -2.14. The van der Waals surface area contributed by atoms with E-state index in [4.69, 9.17) is 9.26 Å². The summed E-state index contributed by atoms with van der Waals surface area (Å²) in [5.74, 6) is 0.565. The van der Waals surface area contributed by atoms with Gasteiger partial charge in [-0.05, 0) is 66.5 Å². The molecule has 2 atom stereocenters. The quantitative estimate of drug-likeness (QED) is 0.191. The predicted octanol–water partition coefficient (Wildman–Crippen LogP) is 8.00. The van der Waals surface area contributed by atoms with E-state index in [0.29, 0.717) is 17.0 Å². The van der Waals surface area contributed by atoms with Crippen LogP contribution in [-0.4, -0.2) is 16.2 Å². The number of rotatable bonds is 9. The lowest BCUT2D eigenvalue weighted by molar-refractivity contribution is -0.150. The van der Waals surface area contributed by atoms with Crippen LogP contribution in [0.4, 0.5) is 0 Å². The van der Waals surface area contributed by atoms with Crippen LogP contribution in [0.1, 0.15) is 65.5 Å². The average Bonchev–Trinajstić information content (AvgIpc) is 3.79. The lowest BCUT2D eigenvalue weighted by Crippen LogP contribution is -2.10. The van der Waals surface area contributed by atoms with Crippen LogP contribution in [0.5, 0.6) is 0 Å². The van der Waals surface area contributed by atoms with Crippen molar-refractivity contribution in [2.45, 2.75) is 45.3 Å². The highest BCUT2D eigenvalue weighted by molar-refractivity contribution is 5.75. The fraction of sp³-hybridized carbons (Fsp3) is 0.222. The van der Waals surface area contributed by atoms with Crippen LogP contribution in [0.2, 0.25) is 0 Å². The number of hydrogen-bond acceptors (Lipinski definition) is 5. The van der Waals surface area contributed by atoms with Gasteiger partial charge in [0.25, 0.3) is 0 Å². The topological polar surface area (TPSA) is 72.6 Å². The molecule has 206 valence electrons. The Labute approximate surface area is 240 Å². The SMILES string of the molecule is Cc1noc(-c2ccc(-c3ccc(C(C)OC(=O)C4CC4)cc3)cc2)c1C(O)c1cccc(Cc2ccccc2)c1. The zero-order valence-corrected chi connectivity index (χ0v) is 23.3. The molecule has 0 amide bonds. The first-order valence-corrected chi connectivity index (χ1v) is 14.1. The first-order valence-electron chi connectivity index (χ1n) is 14.1. The van der Waals surface area contributed by atoms with E-state index >= 15 is 0 Å². The highest BCUT2D eigenvalue weighted by atomic mass is 16.5. The molecule has 5 nitrogen and oxygen atoms in total. The summed E-state index contributed by atoms with van der Waals surface area (Å²) in [6, 6.07) is 34.5. The Bertz CT molecular complexity index is 1630. The number of nitrogens with zero attached hydrogens (tertiary/aromatic N) is 1. The molecule has 1 aliphatic rings. The number of esters is 1.